The third-order valence-electron chi connectivity index (χ3n) is 2.51. The van der Waals surface area contributed by atoms with Gasteiger partial charge in [-0.05, 0) is 0 Å². The Balaban J connectivity index is 0.000000360. The lowest BCUT2D eigenvalue weighted by atomic mass is 10.4. The van der Waals surface area contributed by atoms with Crippen molar-refractivity contribution in [1.82, 2.24) is 9.80 Å². The van der Waals surface area contributed by atoms with Crippen molar-refractivity contribution in [3.63, 3.8) is 0 Å². The lowest BCUT2D eigenvalue weighted by molar-refractivity contribution is -0.128. The van der Waals surface area contributed by atoms with Crippen molar-refractivity contribution in [3.8, 4) is 11.8 Å². The Labute approximate surface area is 111 Å². The van der Waals surface area contributed by atoms with Crippen molar-refractivity contribution in [1.29, 1.82) is 0 Å². The van der Waals surface area contributed by atoms with E-state index >= 15 is 0 Å². The van der Waals surface area contributed by atoms with Crippen LogP contribution in [0, 0.1) is 11.8 Å². The van der Waals surface area contributed by atoms with Gasteiger partial charge in [-0.25, -0.2) is 0 Å². The highest BCUT2D eigenvalue weighted by Gasteiger charge is 2.07. The highest BCUT2D eigenvalue weighted by atomic mass is 16.5. The van der Waals surface area contributed by atoms with Gasteiger partial charge in [-0.3, -0.25) is 9.69 Å². The first-order valence-corrected chi connectivity index (χ1v) is 6.57. The molecule has 4 nitrogen and oxygen atoms in total. The molecule has 1 amide bonds. The van der Waals surface area contributed by atoms with Crippen molar-refractivity contribution in [2.45, 2.75) is 26.7 Å². The van der Waals surface area contributed by atoms with E-state index in [1.165, 1.54) is 0 Å². The van der Waals surface area contributed by atoms with Gasteiger partial charge in [0.2, 0.25) is 5.91 Å². The van der Waals surface area contributed by atoms with Crippen LogP contribution in [0.2, 0.25) is 0 Å². The normalized spacial score (nSPS) is 14.9. The van der Waals surface area contributed by atoms with Crippen LogP contribution in [0.3, 0.4) is 0 Å². The predicted octanol–water partition coefficient (Wildman–Crippen LogP) is 1.22. The van der Waals surface area contributed by atoms with Crippen LogP contribution in [0.4, 0.5) is 0 Å². The average molecular weight is 254 g/mol. The maximum atomic E-state index is 10.4. The molecule has 104 valence electrons. The van der Waals surface area contributed by atoms with E-state index in [1.54, 1.807) is 19.0 Å². The smallest absolute Gasteiger partial charge is 0.221 e. The standard InChI is InChI=1S/C9H15NO.C5H11NO/c1-2-3-4-5-10-6-8-11-9-7-10;1-4-5(7)6(2)3/h2,5-9H2,1H3;4H2,1-3H3. The topological polar surface area (TPSA) is 32.8 Å². The van der Waals surface area contributed by atoms with Gasteiger partial charge in [0.05, 0.1) is 19.8 Å². The van der Waals surface area contributed by atoms with Crippen LogP contribution in [0.15, 0.2) is 0 Å². The van der Waals surface area contributed by atoms with Gasteiger partial charge in [-0.15, -0.1) is 5.92 Å². The van der Waals surface area contributed by atoms with Crippen molar-refractivity contribution in [2.24, 2.45) is 0 Å². The van der Waals surface area contributed by atoms with E-state index in [9.17, 15) is 4.79 Å². The van der Waals surface area contributed by atoms with E-state index in [2.05, 4.69) is 23.7 Å². The molecule has 4 heteroatoms. The number of rotatable bonds is 2. The summed E-state index contributed by atoms with van der Waals surface area (Å²) in [7, 11) is 3.51. The molecule has 0 radical (unpaired) electrons. The second-order valence-electron chi connectivity index (χ2n) is 4.24. The molecule has 1 saturated heterocycles. The molecule has 0 unspecified atom stereocenters. The minimum Gasteiger partial charge on any atom is -0.379 e. The van der Waals surface area contributed by atoms with Gasteiger partial charge in [0.25, 0.3) is 0 Å². The number of carbonyl (C=O) groups is 1. The Bertz CT molecular complexity index is 273. The van der Waals surface area contributed by atoms with Crippen LogP contribution < -0.4 is 0 Å². The number of hydrogen-bond acceptors (Lipinski definition) is 3. The molecule has 0 spiro atoms. The van der Waals surface area contributed by atoms with Crippen molar-refractivity contribution < 1.29 is 9.53 Å². The maximum Gasteiger partial charge on any atom is 0.221 e. The van der Waals surface area contributed by atoms with Crippen molar-refractivity contribution in [3.05, 3.63) is 0 Å². The molecular formula is C14H26N2O2. The summed E-state index contributed by atoms with van der Waals surface area (Å²) < 4.78 is 5.22. The minimum atomic E-state index is 0.181. The lowest BCUT2D eigenvalue weighted by Crippen LogP contribution is -2.36. The number of morpholine rings is 1. The van der Waals surface area contributed by atoms with Gasteiger partial charge in [-0.1, -0.05) is 19.8 Å². The van der Waals surface area contributed by atoms with Gasteiger partial charge < -0.3 is 9.64 Å². The molecule has 0 atom stereocenters. The molecule has 1 fully saturated rings. The number of carbonyl (C=O) groups excluding carboxylic acids is 1. The van der Waals surface area contributed by atoms with Gasteiger partial charge in [0, 0.05) is 40.0 Å². The monoisotopic (exact) mass is 254 g/mol. The molecular weight excluding hydrogens is 228 g/mol. The average Bonchev–Trinajstić information content (AvgIpc) is 2.40. The van der Waals surface area contributed by atoms with E-state index < -0.39 is 0 Å². The molecule has 1 heterocycles. The Hall–Kier alpha value is -1.05. The first kappa shape index (κ1) is 16.9. The van der Waals surface area contributed by atoms with Crippen LogP contribution in [0.25, 0.3) is 0 Å². The van der Waals surface area contributed by atoms with E-state index in [1.807, 2.05) is 6.92 Å². The molecule has 0 N–H and O–H groups in total. The van der Waals surface area contributed by atoms with Crippen molar-refractivity contribution in [2.75, 3.05) is 46.9 Å². The lowest BCUT2D eigenvalue weighted by Gasteiger charge is -2.24. The van der Waals surface area contributed by atoms with Gasteiger partial charge in [0.15, 0.2) is 0 Å². The molecule has 0 bridgehead atoms. The number of nitrogens with zero attached hydrogens (tertiary/aromatic N) is 2. The van der Waals surface area contributed by atoms with Gasteiger partial charge >= 0.3 is 0 Å². The largest absolute Gasteiger partial charge is 0.379 e. The number of hydrogen-bond donors (Lipinski definition) is 0. The Morgan fingerprint density at radius 2 is 1.83 bits per heavy atom. The first-order chi connectivity index (χ1) is 8.61. The summed E-state index contributed by atoms with van der Waals surface area (Å²) in [5.41, 5.74) is 0. The zero-order chi connectivity index (χ0) is 13.8. The fourth-order valence-corrected chi connectivity index (χ4v) is 1.37. The maximum absolute atomic E-state index is 10.4. The molecule has 0 aliphatic carbocycles. The summed E-state index contributed by atoms with van der Waals surface area (Å²) in [5, 5.41) is 0. The van der Waals surface area contributed by atoms with Crippen molar-refractivity contribution >= 4 is 5.91 Å². The Morgan fingerprint density at radius 3 is 2.22 bits per heavy atom. The summed E-state index contributed by atoms with van der Waals surface area (Å²) in [6.07, 6.45) is 1.57. The summed E-state index contributed by atoms with van der Waals surface area (Å²) in [4.78, 5) is 14.3. The number of amides is 1. The fraction of sp³-hybridized carbons (Fsp3) is 0.786. The zero-order valence-electron chi connectivity index (χ0n) is 12.2. The van der Waals surface area contributed by atoms with Crippen LogP contribution in [-0.4, -0.2) is 62.7 Å². The molecule has 18 heavy (non-hydrogen) atoms. The summed E-state index contributed by atoms with van der Waals surface area (Å²) in [6.45, 7) is 8.66. The molecule has 1 aliphatic rings. The van der Waals surface area contributed by atoms with E-state index in [0.29, 0.717) is 6.42 Å². The van der Waals surface area contributed by atoms with Crippen LogP contribution in [-0.2, 0) is 9.53 Å². The van der Waals surface area contributed by atoms with Crippen LogP contribution in [0.1, 0.15) is 26.7 Å². The third-order valence-corrected chi connectivity index (χ3v) is 2.51. The summed E-state index contributed by atoms with van der Waals surface area (Å²) in [5.74, 6) is 6.37. The first-order valence-electron chi connectivity index (χ1n) is 6.57. The molecule has 0 aromatic rings. The van der Waals surface area contributed by atoms with E-state index in [4.69, 9.17) is 4.74 Å². The molecule has 1 aliphatic heterocycles. The van der Waals surface area contributed by atoms with E-state index in [0.717, 1.165) is 39.3 Å². The van der Waals surface area contributed by atoms with Crippen LogP contribution >= 0.6 is 0 Å². The molecule has 1 rings (SSSR count). The predicted molar refractivity (Wildman–Crippen MR) is 74.3 cm³/mol. The van der Waals surface area contributed by atoms with Crippen LogP contribution in [0.5, 0.6) is 0 Å². The van der Waals surface area contributed by atoms with Gasteiger partial charge in [-0.2, -0.15) is 0 Å². The highest BCUT2D eigenvalue weighted by Crippen LogP contribution is 1.94. The summed E-state index contributed by atoms with van der Waals surface area (Å²) in [6, 6.07) is 0. The Kier molecular flexibility index (Phi) is 10.4. The zero-order valence-corrected chi connectivity index (χ0v) is 12.2. The SMILES string of the molecule is CCC#CCN1CCOCC1.CCC(=O)N(C)C. The quantitative estimate of drug-likeness (QED) is 0.695. The summed E-state index contributed by atoms with van der Waals surface area (Å²) >= 11 is 0. The third kappa shape index (κ3) is 9.03. The number of ether oxygens (including phenoxy) is 1. The highest BCUT2D eigenvalue weighted by molar-refractivity contribution is 5.75. The molecule has 0 saturated carbocycles. The second kappa shape index (κ2) is 11.1. The molecule has 0 aromatic carbocycles. The fourth-order valence-electron chi connectivity index (χ4n) is 1.37. The van der Waals surface area contributed by atoms with E-state index in [-0.39, 0.29) is 5.91 Å². The second-order valence-corrected chi connectivity index (χ2v) is 4.24. The van der Waals surface area contributed by atoms with Gasteiger partial charge in [0.1, 0.15) is 0 Å². The molecule has 0 aromatic heterocycles. The minimum absolute atomic E-state index is 0.181. The Morgan fingerprint density at radius 1 is 1.22 bits per heavy atom.